The minimum Gasteiger partial charge on any atom is -0.467 e. The molecule has 0 aromatic heterocycles. The van der Waals surface area contributed by atoms with Gasteiger partial charge < -0.3 is 14.7 Å². The molecular formula is C17H20FNO4. The molecule has 0 bridgehead atoms. The van der Waals surface area contributed by atoms with E-state index >= 15 is 0 Å². The van der Waals surface area contributed by atoms with Crippen LogP contribution in [0.4, 0.5) is 4.39 Å². The molecule has 1 heterocycles. The number of carbonyl (C=O) groups is 2. The van der Waals surface area contributed by atoms with Gasteiger partial charge in [-0.25, -0.2) is 9.18 Å². The number of rotatable bonds is 2. The largest absolute Gasteiger partial charge is 0.467 e. The summed E-state index contributed by atoms with van der Waals surface area (Å²) >= 11 is 0. The number of hydrogen-bond acceptors (Lipinski definition) is 4. The Morgan fingerprint density at radius 2 is 1.96 bits per heavy atom. The number of alkyl halides is 1. The van der Waals surface area contributed by atoms with Crippen LogP contribution in [0.1, 0.15) is 24.0 Å². The first-order chi connectivity index (χ1) is 10.9. The number of carbonyl (C=O) groups excluding carboxylic acids is 2. The zero-order chi connectivity index (χ0) is 16.7. The van der Waals surface area contributed by atoms with Gasteiger partial charge in [-0.3, -0.25) is 4.79 Å². The van der Waals surface area contributed by atoms with E-state index in [0.29, 0.717) is 12.8 Å². The van der Waals surface area contributed by atoms with Crippen molar-refractivity contribution >= 4 is 11.9 Å². The van der Waals surface area contributed by atoms with Crippen molar-refractivity contribution < 1.29 is 23.8 Å². The number of hydrogen-bond donors (Lipinski definition) is 1. The molecule has 0 spiro atoms. The zero-order valence-corrected chi connectivity index (χ0v) is 13.0. The standard InChI is InChI=1S/C17H20FNO4/c1-23-15(21)16(18)8-9-19(11-16)14(20)17(22)7-6-12-4-2-3-5-13(12)10-17/h2-5,22H,6-11H2,1H3/t16-,17-/m1/s1. The van der Waals surface area contributed by atoms with Gasteiger partial charge in [0.15, 0.2) is 0 Å². The lowest BCUT2D eigenvalue weighted by molar-refractivity contribution is -0.156. The van der Waals surface area contributed by atoms with Gasteiger partial charge >= 0.3 is 5.97 Å². The van der Waals surface area contributed by atoms with E-state index in [9.17, 15) is 19.1 Å². The molecule has 2 aliphatic rings. The molecule has 3 rings (SSSR count). The first kappa shape index (κ1) is 15.9. The predicted octanol–water partition coefficient (Wildman–Crippen LogP) is 1.02. The van der Waals surface area contributed by atoms with Crippen LogP contribution in [0.15, 0.2) is 24.3 Å². The molecule has 2 atom stereocenters. The van der Waals surface area contributed by atoms with E-state index in [2.05, 4.69) is 4.74 Å². The Kier molecular flexibility index (Phi) is 3.88. The highest BCUT2D eigenvalue weighted by Gasteiger charge is 2.51. The topological polar surface area (TPSA) is 66.8 Å². The number of benzene rings is 1. The fourth-order valence-electron chi connectivity index (χ4n) is 3.49. The van der Waals surface area contributed by atoms with Crippen molar-refractivity contribution in [3.63, 3.8) is 0 Å². The summed E-state index contributed by atoms with van der Waals surface area (Å²) in [6.45, 7) is -0.253. The smallest absolute Gasteiger partial charge is 0.345 e. The van der Waals surface area contributed by atoms with E-state index in [0.717, 1.165) is 18.2 Å². The molecule has 1 saturated heterocycles. The van der Waals surface area contributed by atoms with Gasteiger partial charge in [0.25, 0.3) is 5.91 Å². The van der Waals surface area contributed by atoms with E-state index in [1.54, 1.807) is 0 Å². The molecule has 5 nitrogen and oxygen atoms in total. The summed E-state index contributed by atoms with van der Waals surface area (Å²) in [6, 6.07) is 7.68. The summed E-state index contributed by atoms with van der Waals surface area (Å²) in [4.78, 5) is 25.5. The van der Waals surface area contributed by atoms with Gasteiger partial charge in [-0.1, -0.05) is 24.3 Å². The molecule has 0 saturated carbocycles. The number of halogens is 1. The summed E-state index contributed by atoms with van der Waals surface area (Å²) in [5.41, 5.74) is -1.64. The Morgan fingerprint density at radius 1 is 1.26 bits per heavy atom. The second-order valence-electron chi connectivity index (χ2n) is 6.41. The number of amides is 1. The van der Waals surface area contributed by atoms with Crippen LogP contribution < -0.4 is 0 Å². The summed E-state index contributed by atoms with van der Waals surface area (Å²) in [5, 5.41) is 10.8. The Bertz CT molecular complexity index is 649. The second kappa shape index (κ2) is 5.60. The number of esters is 1. The zero-order valence-electron chi connectivity index (χ0n) is 13.0. The number of fused-ring (bicyclic) bond motifs is 1. The maximum Gasteiger partial charge on any atom is 0.345 e. The van der Waals surface area contributed by atoms with Crippen molar-refractivity contribution in [2.75, 3.05) is 20.2 Å². The summed E-state index contributed by atoms with van der Waals surface area (Å²) in [7, 11) is 1.12. The van der Waals surface area contributed by atoms with Gasteiger partial charge in [-0.05, 0) is 24.0 Å². The molecule has 6 heteroatoms. The van der Waals surface area contributed by atoms with E-state index in [-0.39, 0.29) is 25.9 Å². The molecule has 1 aromatic carbocycles. The van der Waals surface area contributed by atoms with Crippen molar-refractivity contribution in [2.24, 2.45) is 0 Å². The van der Waals surface area contributed by atoms with Gasteiger partial charge in [0.05, 0.1) is 13.7 Å². The number of aryl methyl sites for hydroxylation is 1. The Morgan fingerprint density at radius 3 is 2.65 bits per heavy atom. The highest BCUT2D eigenvalue weighted by molar-refractivity contribution is 5.88. The summed E-state index contributed by atoms with van der Waals surface area (Å²) in [6.07, 6.45) is 1.02. The van der Waals surface area contributed by atoms with E-state index < -0.39 is 23.1 Å². The molecule has 23 heavy (non-hydrogen) atoms. The van der Waals surface area contributed by atoms with Crippen molar-refractivity contribution in [3.05, 3.63) is 35.4 Å². The van der Waals surface area contributed by atoms with Gasteiger partial charge in [0, 0.05) is 19.4 Å². The number of ether oxygens (including phenoxy) is 1. The van der Waals surface area contributed by atoms with E-state index in [1.165, 1.54) is 4.90 Å². The molecule has 1 N–H and O–H groups in total. The average Bonchev–Trinajstić information content (AvgIpc) is 2.96. The van der Waals surface area contributed by atoms with Gasteiger partial charge in [-0.2, -0.15) is 0 Å². The number of aliphatic hydroxyl groups is 1. The first-order valence-electron chi connectivity index (χ1n) is 7.74. The normalized spacial score (nSPS) is 30.0. The van der Waals surface area contributed by atoms with Gasteiger partial charge in [0.2, 0.25) is 5.67 Å². The molecule has 1 fully saturated rings. The molecule has 0 radical (unpaired) electrons. The van der Waals surface area contributed by atoms with Crippen molar-refractivity contribution in [1.29, 1.82) is 0 Å². The quantitative estimate of drug-likeness (QED) is 0.826. The van der Waals surface area contributed by atoms with Crippen LogP contribution in [-0.2, 0) is 27.2 Å². The Hall–Kier alpha value is -1.95. The third kappa shape index (κ3) is 2.72. The summed E-state index contributed by atoms with van der Waals surface area (Å²) < 4.78 is 19.0. The van der Waals surface area contributed by atoms with Crippen LogP contribution in [-0.4, -0.2) is 53.4 Å². The molecule has 124 valence electrons. The average molecular weight is 321 g/mol. The third-order valence-electron chi connectivity index (χ3n) is 4.87. The van der Waals surface area contributed by atoms with Crippen LogP contribution in [0.3, 0.4) is 0 Å². The molecule has 1 aromatic rings. The molecule has 1 aliphatic heterocycles. The predicted molar refractivity (Wildman–Crippen MR) is 80.5 cm³/mol. The Labute approximate surface area is 134 Å². The lowest BCUT2D eigenvalue weighted by Gasteiger charge is -2.35. The van der Waals surface area contributed by atoms with E-state index in [4.69, 9.17) is 0 Å². The fraction of sp³-hybridized carbons (Fsp3) is 0.529. The van der Waals surface area contributed by atoms with E-state index in [1.807, 2.05) is 24.3 Å². The number of nitrogens with zero attached hydrogens (tertiary/aromatic N) is 1. The minimum atomic E-state index is -2.17. The Balaban J connectivity index is 1.75. The van der Waals surface area contributed by atoms with Gasteiger partial charge in [-0.15, -0.1) is 0 Å². The monoisotopic (exact) mass is 321 g/mol. The SMILES string of the molecule is COC(=O)[C@@]1(F)CCN(C(=O)[C@@]2(O)CCc3ccccc3C2)C1. The first-order valence-corrected chi connectivity index (χ1v) is 7.74. The molecular weight excluding hydrogens is 301 g/mol. The third-order valence-corrected chi connectivity index (χ3v) is 4.87. The van der Waals surface area contributed by atoms with Crippen molar-refractivity contribution in [1.82, 2.24) is 4.90 Å². The molecule has 1 amide bonds. The molecule has 1 aliphatic carbocycles. The van der Waals surface area contributed by atoms with Crippen LogP contribution in [0.2, 0.25) is 0 Å². The van der Waals surface area contributed by atoms with Crippen LogP contribution in [0.25, 0.3) is 0 Å². The lowest BCUT2D eigenvalue weighted by Crippen LogP contribution is -2.52. The highest BCUT2D eigenvalue weighted by atomic mass is 19.1. The maximum atomic E-state index is 14.5. The lowest BCUT2D eigenvalue weighted by atomic mass is 9.79. The van der Waals surface area contributed by atoms with Gasteiger partial charge in [0.1, 0.15) is 5.60 Å². The van der Waals surface area contributed by atoms with Crippen molar-refractivity contribution in [2.45, 2.75) is 37.0 Å². The van der Waals surface area contributed by atoms with Crippen molar-refractivity contribution in [3.8, 4) is 0 Å². The number of methoxy groups -OCH3 is 1. The highest BCUT2D eigenvalue weighted by Crippen LogP contribution is 2.34. The van der Waals surface area contributed by atoms with Crippen LogP contribution in [0, 0.1) is 0 Å². The number of likely N-dealkylation sites (tertiary alicyclic amines) is 1. The maximum absolute atomic E-state index is 14.5. The summed E-state index contributed by atoms with van der Waals surface area (Å²) in [5.74, 6) is -1.47. The van der Waals surface area contributed by atoms with Crippen LogP contribution in [0.5, 0.6) is 0 Å². The molecule has 0 unspecified atom stereocenters. The minimum absolute atomic E-state index is 0.0991. The van der Waals surface area contributed by atoms with Crippen LogP contribution >= 0.6 is 0 Å². The second-order valence-corrected chi connectivity index (χ2v) is 6.41. The fourth-order valence-corrected chi connectivity index (χ4v) is 3.49.